The van der Waals surface area contributed by atoms with Crippen molar-refractivity contribution in [3.63, 3.8) is 0 Å². The summed E-state index contributed by atoms with van der Waals surface area (Å²) in [5.41, 5.74) is 0.640. The summed E-state index contributed by atoms with van der Waals surface area (Å²) in [4.78, 5) is 13.8. The highest BCUT2D eigenvalue weighted by molar-refractivity contribution is 5.78. The normalized spacial score (nSPS) is 17.1. The number of alkyl halides is 3. The molecule has 1 atom stereocenters. The van der Waals surface area contributed by atoms with Gasteiger partial charge in [0.05, 0.1) is 11.6 Å². The van der Waals surface area contributed by atoms with Gasteiger partial charge in [-0.25, -0.2) is 0 Å². The Labute approximate surface area is 166 Å². The minimum atomic E-state index is -4.42. The molecule has 0 aliphatic carbocycles. The molecule has 8 heteroatoms. The van der Waals surface area contributed by atoms with Gasteiger partial charge in [-0.3, -0.25) is 4.79 Å². The number of carbonyl (C=O) groups excluding carboxylic acids is 1. The van der Waals surface area contributed by atoms with E-state index in [-0.39, 0.29) is 12.7 Å². The van der Waals surface area contributed by atoms with Gasteiger partial charge in [-0.1, -0.05) is 24.3 Å². The molecule has 2 aromatic rings. The second-order valence-electron chi connectivity index (χ2n) is 7.15. The minimum Gasteiger partial charge on any atom is -0.454 e. The smallest absolute Gasteiger partial charge is 0.416 e. The molecule has 5 nitrogen and oxygen atoms in total. The quantitative estimate of drug-likeness (QED) is 0.791. The average molecular weight is 406 g/mol. The number of rotatable bonds is 6. The zero-order chi connectivity index (χ0) is 20.4. The van der Waals surface area contributed by atoms with Crippen molar-refractivity contribution in [3.05, 3.63) is 59.2 Å². The summed E-state index contributed by atoms with van der Waals surface area (Å²) < 4.78 is 50.4. The van der Waals surface area contributed by atoms with Crippen molar-refractivity contribution in [2.75, 3.05) is 19.9 Å². The summed E-state index contributed by atoms with van der Waals surface area (Å²) in [7, 11) is 0. The molecule has 154 valence electrons. The number of carbonyl (C=O) groups is 1. The maximum atomic E-state index is 13.2. The van der Waals surface area contributed by atoms with E-state index in [9.17, 15) is 18.0 Å². The highest BCUT2D eigenvalue weighted by atomic mass is 19.4. The molecule has 1 fully saturated rings. The van der Waals surface area contributed by atoms with Crippen LogP contribution in [0.3, 0.4) is 0 Å². The fourth-order valence-corrected chi connectivity index (χ4v) is 3.70. The van der Waals surface area contributed by atoms with E-state index in [4.69, 9.17) is 9.47 Å². The summed E-state index contributed by atoms with van der Waals surface area (Å²) >= 11 is 0. The van der Waals surface area contributed by atoms with Crippen molar-refractivity contribution < 1.29 is 27.4 Å². The Bertz CT molecular complexity index is 901. The molecule has 2 aromatic carbocycles. The van der Waals surface area contributed by atoms with Gasteiger partial charge in [0.25, 0.3) is 0 Å². The van der Waals surface area contributed by atoms with Crippen LogP contribution in [0, 0.1) is 0 Å². The first-order chi connectivity index (χ1) is 13.9. The van der Waals surface area contributed by atoms with Gasteiger partial charge in [0.2, 0.25) is 12.7 Å². The van der Waals surface area contributed by atoms with E-state index in [1.807, 2.05) is 12.1 Å². The number of nitrogens with one attached hydrogen (secondary N) is 1. The van der Waals surface area contributed by atoms with E-state index >= 15 is 0 Å². The first-order valence-electron chi connectivity index (χ1n) is 9.47. The number of likely N-dealkylation sites (tertiary alicyclic amines) is 1. The second kappa shape index (κ2) is 7.94. The van der Waals surface area contributed by atoms with Gasteiger partial charge in [0.1, 0.15) is 0 Å². The molecular weight excluding hydrogens is 385 g/mol. The average Bonchev–Trinajstić information content (AvgIpc) is 3.33. The molecule has 29 heavy (non-hydrogen) atoms. The maximum Gasteiger partial charge on any atom is 0.416 e. The van der Waals surface area contributed by atoms with Gasteiger partial charge in [-0.15, -0.1) is 0 Å². The molecule has 0 aromatic heterocycles. The fraction of sp³-hybridized carbons (Fsp3) is 0.381. The molecule has 1 N–H and O–H groups in total. The number of hydrogen-bond acceptors (Lipinski definition) is 4. The van der Waals surface area contributed by atoms with Crippen LogP contribution in [0.2, 0.25) is 0 Å². The SMILES string of the molecule is O=C1CCCN1C[C@@H](NCc1cccc2c1OCO2)c1cccc(C(F)(F)F)c1. The zero-order valence-electron chi connectivity index (χ0n) is 15.7. The van der Waals surface area contributed by atoms with Gasteiger partial charge in [-0.2, -0.15) is 13.2 Å². The Morgan fingerprint density at radius 3 is 2.72 bits per heavy atom. The summed E-state index contributed by atoms with van der Waals surface area (Å²) in [5, 5.41) is 3.31. The van der Waals surface area contributed by atoms with Crippen molar-refractivity contribution in [2.24, 2.45) is 0 Å². The number of benzene rings is 2. The molecule has 0 radical (unpaired) electrons. The van der Waals surface area contributed by atoms with Crippen molar-refractivity contribution in [1.29, 1.82) is 0 Å². The standard InChI is InChI=1S/C21H21F3N2O3/c22-21(23,24)16-6-1-4-14(10-16)17(12-26-9-3-8-19(26)27)25-11-15-5-2-7-18-20(15)29-13-28-18/h1-2,4-7,10,17,25H,3,8-9,11-13H2/t17-/m1/s1. The molecule has 2 heterocycles. The van der Waals surface area contributed by atoms with Crippen LogP contribution in [0.4, 0.5) is 13.2 Å². The first-order valence-corrected chi connectivity index (χ1v) is 9.47. The molecular formula is C21H21F3N2O3. The van der Waals surface area contributed by atoms with E-state index in [0.717, 1.165) is 24.1 Å². The number of amides is 1. The summed E-state index contributed by atoms with van der Waals surface area (Å²) in [5.74, 6) is 1.32. The molecule has 0 saturated carbocycles. The Hall–Kier alpha value is -2.74. The lowest BCUT2D eigenvalue weighted by atomic mass is 10.0. The van der Waals surface area contributed by atoms with Crippen LogP contribution in [-0.2, 0) is 17.5 Å². The van der Waals surface area contributed by atoms with Gasteiger partial charge in [-0.05, 0) is 30.2 Å². The molecule has 2 aliphatic heterocycles. The van der Waals surface area contributed by atoms with E-state index in [1.54, 1.807) is 17.0 Å². The van der Waals surface area contributed by atoms with Crippen molar-refractivity contribution in [2.45, 2.75) is 31.6 Å². The molecule has 0 spiro atoms. The lowest BCUT2D eigenvalue weighted by molar-refractivity contribution is -0.137. The summed E-state index contributed by atoms with van der Waals surface area (Å²) in [6.07, 6.45) is -3.17. The zero-order valence-corrected chi connectivity index (χ0v) is 15.7. The van der Waals surface area contributed by atoms with Gasteiger partial charge in [0, 0.05) is 31.6 Å². The van der Waals surface area contributed by atoms with Crippen LogP contribution in [0.25, 0.3) is 0 Å². The predicted molar refractivity (Wildman–Crippen MR) is 99.4 cm³/mol. The Kier molecular flexibility index (Phi) is 5.36. The largest absolute Gasteiger partial charge is 0.454 e. The van der Waals surface area contributed by atoms with Crippen LogP contribution >= 0.6 is 0 Å². The molecule has 4 rings (SSSR count). The van der Waals surface area contributed by atoms with Gasteiger partial charge < -0.3 is 19.7 Å². The predicted octanol–water partition coefficient (Wildman–Crippen LogP) is 3.89. The van der Waals surface area contributed by atoms with Crippen LogP contribution in [0.1, 0.15) is 35.6 Å². The molecule has 0 bridgehead atoms. The number of ether oxygens (including phenoxy) is 2. The van der Waals surface area contributed by atoms with E-state index in [2.05, 4.69) is 5.32 Å². The fourth-order valence-electron chi connectivity index (χ4n) is 3.70. The highest BCUT2D eigenvalue weighted by Crippen LogP contribution is 2.36. The van der Waals surface area contributed by atoms with E-state index < -0.39 is 17.8 Å². The van der Waals surface area contributed by atoms with E-state index in [1.165, 1.54) is 6.07 Å². The third kappa shape index (κ3) is 4.32. The van der Waals surface area contributed by atoms with Crippen LogP contribution in [0.15, 0.2) is 42.5 Å². The lowest BCUT2D eigenvalue weighted by Gasteiger charge is -2.26. The lowest BCUT2D eigenvalue weighted by Crippen LogP contribution is -2.36. The van der Waals surface area contributed by atoms with Crippen molar-refractivity contribution in [1.82, 2.24) is 10.2 Å². The summed E-state index contributed by atoms with van der Waals surface area (Å²) in [6, 6.07) is 10.3. The monoisotopic (exact) mass is 406 g/mol. The Morgan fingerprint density at radius 2 is 1.97 bits per heavy atom. The van der Waals surface area contributed by atoms with Crippen LogP contribution in [-0.4, -0.2) is 30.7 Å². The third-order valence-electron chi connectivity index (χ3n) is 5.21. The number of fused-ring (bicyclic) bond motifs is 1. The molecule has 0 unspecified atom stereocenters. The van der Waals surface area contributed by atoms with Crippen LogP contribution < -0.4 is 14.8 Å². The number of nitrogens with zero attached hydrogens (tertiary/aromatic N) is 1. The maximum absolute atomic E-state index is 13.2. The molecule has 1 amide bonds. The third-order valence-corrected chi connectivity index (χ3v) is 5.21. The van der Waals surface area contributed by atoms with Crippen molar-refractivity contribution >= 4 is 5.91 Å². The van der Waals surface area contributed by atoms with E-state index in [0.29, 0.717) is 43.1 Å². The number of para-hydroxylation sites is 1. The second-order valence-corrected chi connectivity index (χ2v) is 7.15. The van der Waals surface area contributed by atoms with Crippen molar-refractivity contribution in [3.8, 4) is 11.5 Å². The van der Waals surface area contributed by atoms with Gasteiger partial charge >= 0.3 is 6.18 Å². The number of halogens is 3. The van der Waals surface area contributed by atoms with Crippen LogP contribution in [0.5, 0.6) is 11.5 Å². The highest BCUT2D eigenvalue weighted by Gasteiger charge is 2.32. The molecule has 2 aliphatic rings. The first kappa shape index (κ1) is 19.6. The Balaban J connectivity index is 1.57. The minimum absolute atomic E-state index is 0.0288. The number of hydrogen-bond donors (Lipinski definition) is 1. The topological polar surface area (TPSA) is 50.8 Å². The van der Waals surface area contributed by atoms with Gasteiger partial charge in [0.15, 0.2) is 11.5 Å². The molecule has 1 saturated heterocycles. The summed E-state index contributed by atoms with van der Waals surface area (Å²) in [6.45, 7) is 1.45. The Morgan fingerprint density at radius 1 is 1.14 bits per heavy atom.